The van der Waals surface area contributed by atoms with Crippen LogP contribution in [0.25, 0.3) is 0 Å². The third-order valence-corrected chi connectivity index (χ3v) is 3.77. The molecule has 1 saturated heterocycles. The summed E-state index contributed by atoms with van der Waals surface area (Å²) < 4.78 is 1.16. The van der Waals surface area contributed by atoms with Crippen molar-refractivity contribution in [1.29, 1.82) is 0 Å². The van der Waals surface area contributed by atoms with Gasteiger partial charge in [-0.1, -0.05) is 13.8 Å². The molecule has 1 amide bonds. The number of carbonyl (C=O) groups is 1. The molecule has 0 spiro atoms. The Morgan fingerprint density at radius 3 is 2.44 bits per heavy atom. The predicted octanol–water partition coefficient (Wildman–Crippen LogP) is 3.16. The van der Waals surface area contributed by atoms with Crippen LogP contribution in [0.5, 0.6) is 0 Å². The smallest absolute Gasteiger partial charge is 0.253 e. The van der Waals surface area contributed by atoms with Gasteiger partial charge in [-0.2, -0.15) is 0 Å². The monoisotopic (exact) mass is 329 g/mol. The van der Waals surface area contributed by atoms with Crippen molar-refractivity contribution in [2.75, 3.05) is 13.1 Å². The van der Waals surface area contributed by atoms with Gasteiger partial charge in [0.1, 0.15) is 0 Å². The highest BCUT2D eigenvalue weighted by Gasteiger charge is 2.32. The minimum absolute atomic E-state index is 0.168. The minimum Gasteiger partial charge on any atom is -0.338 e. The van der Waals surface area contributed by atoms with Crippen LogP contribution >= 0.6 is 22.6 Å². The molecule has 3 heteroatoms. The number of carbonyl (C=O) groups excluding carboxylic acids is 1. The quantitative estimate of drug-likeness (QED) is 0.725. The highest BCUT2D eigenvalue weighted by molar-refractivity contribution is 14.1. The Labute approximate surface area is 110 Å². The molecule has 0 radical (unpaired) electrons. The molecule has 16 heavy (non-hydrogen) atoms. The largest absolute Gasteiger partial charge is 0.338 e. The fourth-order valence-corrected chi connectivity index (χ4v) is 2.42. The lowest BCUT2D eigenvalue weighted by Crippen LogP contribution is -2.30. The number of hydrogen-bond acceptors (Lipinski definition) is 1. The maximum Gasteiger partial charge on any atom is 0.253 e. The van der Waals surface area contributed by atoms with Crippen LogP contribution in [0.4, 0.5) is 0 Å². The van der Waals surface area contributed by atoms with Crippen molar-refractivity contribution < 1.29 is 4.79 Å². The van der Waals surface area contributed by atoms with Crippen LogP contribution in [-0.2, 0) is 0 Å². The van der Waals surface area contributed by atoms with Crippen LogP contribution < -0.4 is 0 Å². The van der Waals surface area contributed by atoms with Crippen LogP contribution in [0.15, 0.2) is 24.3 Å². The molecule has 1 fully saturated rings. The van der Waals surface area contributed by atoms with E-state index in [1.54, 1.807) is 0 Å². The lowest BCUT2D eigenvalue weighted by Gasteiger charge is -2.19. The van der Waals surface area contributed by atoms with Crippen LogP contribution in [0, 0.1) is 8.99 Å². The van der Waals surface area contributed by atoms with Gasteiger partial charge in [0, 0.05) is 22.2 Å². The Morgan fingerprint density at radius 2 is 1.94 bits per heavy atom. The molecule has 0 saturated carbocycles. The summed E-state index contributed by atoms with van der Waals surface area (Å²) in [5.74, 6) is 0.168. The van der Waals surface area contributed by atoms with Gasteiger partial charge in [0.2, 0.25) is 0 Å². The van der Waals surface area contributed by atoms with Crippen molar-refractivity contribution in [2.24, 2.45) is 5.41 Å². The normalized spacial score (nSPS) is 18.8. The first kappa shape index (κ1) is 11.9. The van der Waals surface area contributed by atoms with Gasteiger partial charge in [-0.25, -0.2) is 0 Å². The molecule has 1 aromatic carbocycles. The highest BCUT2D eigenvalue weighted by atomic mass is 127. The van der Waals surface area contributed by atoms with Gasteiger partial charge in [-0.15, -0.1) is 0 Å². The van der Waals surface area contributed by atoms with E-state index >= 15 is 0 Å². The molecule has 1 aliphatic heterocycles. The number of likely N-dealkylation sites (tertiary alicyclic amines) is 1. The Balaban J connectivity index is 2.12. The van der Waals surface area contributed by atoms with Crippen molar-refractivity contribution >= 4 is 28.5 Å². The molecule has 0 N–H and O–H groups in total. The van der Waals surface area contributed by atoms with E-state index in [9.17, 15) is 4.79 Å². The summed E-state index contributed by atoms with van der Waals surface area (Å²) >= 11 is 2.25. The second kappa shape index (κ2) is 4.35. The van der Waals surface area contributed by atoms with Crippen molar-refractivity contribution in [3.8, 4) is 0 Å². The SMILES string of the molecule is CC1(C)CCN(C(=O)c2ccc(I)cc2)C1. The lowest BCUT2D eigenvalue weighted by molar-refractivity contribution is 0.0778. The van der Waals surface area contributed by atoms with Gasteiger partial charge in [0.25, 0.3) is 5.91 Å². The number of nitrogens with zero attached hydrogens (tertiary/aromatic N) is 1. The molecular formula is C13H16INO. The molecule has 0 aliphatic carbocycles. The zero-order chi connectivity index (χ0) is 11.8. The van der Waals surface area contributed by atoms with Crippen LogP contribution in [0.1, 0.15) is 30.6 Å². The van der Waals surface area contributed by atoms with Gasteiger partial charge in [0.05, 0.1) is 0 Å². The van der Waals surface area contributed by atoms with Crippen LogP contribution in [0.3, 0.4) is 0 Å². The van der Waals surface area contributed by atoms with Gasteiger partial charge < -0.3 is 4.90 Å². The summed E-state index contributed by atoms with van der Waals surface area (Å²) in [6.45, 7) is 6.19. The van der Waals surface area contributed by atoms with Gasteiger partial charge in [0.15, 0.2) is 0 Å². The number of benzene rings is 1. The van der Waals surface area contributed by atoms with E-state index < -0.39 is 0 Å². The average molecular weight is 329 g/mol. The number of halogens is 1. The molecule has 2 rings (SSSR count). The number of hydrogen-bond donors (Lipinski definition) is 0. The molecule has 0 aromatic heterocycles. The number of amides is 1. The topological polar surface area (TPSA) is 20.3 Å². The van der Waals surface area contributed by atoms with Crippen molar-refractivity contribution in [3.63, 3.8) is 0 Å². The molecule has 2 nitrogen and oxygen atoms in total. The fourth-order valence-electron chi connectivity index (χ4n) is 2.06. The Kier molecular flexibility index (Phi) is 3.24. The Hall–Kier alpha value is -0.580. The molecule has 0 unspecified atom stereocenters. The van der Waals surface area contributed by atoms with Crippen LogP contribution in [-0.4, -0.2) is 23.9 Å². The fraction of sp³-hybridized carbons (Fsp3) is 0.462. The molecule has 1 aliphatic rings. The van der Waals surface area contributed by atoms with Crippen molar-refractivity contribution in [3.05, 3.63) is 33.4 Å². The first-order chi connectivity index (χ1) is 7.48. The summed E-state index contributed by atoms with van der Waals surface area (Å²) in [7, 11) is 0. The summed E-state index contributed by atoms with van der Waals surface area (Å²) in [6, 6.07) is 7.79. The zero-order valence-electron chi connectivity index (χ0n) is 9.66. The van der Waals surface area contributed by atoms with Crippen LogP contribution in [0.2, 0.25) is 0 Å². The van der Waals surface area contributed by atoms with E-state index in [1.165, 1.54) is 0 Å². The molecule has 1 aromatic rings. The molecule has 1 heterocycles. The third-order valence-electron chi connectivity index (χ3n) is 3.06. The van der Waals surface area contributed by atoms with E-state index in [4.69, 9.17) is 0 Å². The number of rotatable bonds is 1. The van der Waals surface area contributed by atoms with Gasteiger partial charge >= 0.3 is 0 Å². The minimum atomic E-state index is 0.168. The maximum atomic E-state index is 12.2. The highest BCUT2D eigenvalue weighted by Crippen LogP contribution is 2.29. The van der Waals surface area contributed by atoms with Gasteiger partial charge in [-0.05, 0) is 58.7 Å². The lowest BCUT2D eigenvalue weighted by atomic mass is 9.93. The van der Waals surface area contributed by atoms with Crippen molar-refractivity contribution in [1.82, 2.24) is 4.90 Å². The maximum absolute atomic E-state index is 12.2. The van der Waals surface area contributed by atoms with E-state index in [1.807, 2.05) is 29.2 Å². The second-order valence-corrected chi connectivity index (χ2v) is 6.39. The van der Waals surface area contributed by atoms with Crippen molar-refractivity contribution in [2.45, 2.75) is 20.3 Å². The average Bonchev–Trinajstić information content (AvgIpc) is 2.59. The van der Waals surface area contributed by atoms with E-state index in [2.05, 4.69) is 36.4 Å². The second-order valence-electron chi connectivity index (χ2n) is 5.15. The first-order valence-corrected chi connectivity index (χ1v) is 6.61. The zero-order valence-corrected chi connectivity index (χ0v) is 11.8. The summed E-state index contributed by atoms with van der Waals surface area (Å²) in [5.41, 5.74) is 1.08. The molecular weight excluding hydrogens is 313 g/mol. The molecule has 0 atom stereocenters. The van der Waals surface area contributed by atoms with E-state index in [-0.39, 0.29) is 11.3 Å². The summed E-state index contributed by atoms with van der Waals surface area (Å²) in [4.78, 5) is 14.1. The molecule has 86 valence electrons. The summed E-state index contributed by atoms with van der Waals surface area (Å²) in [5, 5.41) is 0. The molecule has 0 bridgehead atoms. The van der Waals surface area contributed by atoms with E-state index in [0.29, 0.717) is 0 Å². The van der Waals surface area contributed by atoms with Gasteiger partial charge in [-0.3, -0.25) is 4.79 Å². The standard InChI is InChI=1S/C13H16INO/c1-13(2)7-8-15(9-13)12(16)10-3-5-11(14)6-4-10/h3-6H,7-9H2,1-2H3. The third kappa shape index (κ3) is 2.56. The first-order valence-electron chi connectivity index (χ1n) is 5.53. The Morgan fingerprint density at radius 1 is 1.31 bits per heavy atom. The Bertz CT molecular complexity index is 397. The van der Waals surface area contributed by atoms with E-state index in [0.717, 1.165) is 28.6 Å². The summed E-state index contributed by atoms with van der Waals surface area (Å²) in [6.07, 6.45) is 1.10. The predicted molar refractivity (Wildman–Crippen MR) is 73.5 cm³/mol.